The molecule has 90 valence electrons. The van der Waals surface area contributed by atoms with Gasteiger partial charge in [-0.2, -0.15) is 5.10 Å². The van der Waals surface area contributed by atoms with Gasteiger partial charge < -0.3 is 14.8 Å². The van der Waals surface area contributed by atoms with Crippen molar-refractivity contribution in [3.8, 4) is 0 Å². The van der Waals surface area contributed by atoms with Crippen LogP contribution in [0.1, 0.15) is 18.5 Å². The van der Waals surface area contributed by atoms with Gasteiger partial charge in [0.1, 0.15) is 6.10 Å². The molecule has 2 rings (SSSR count). The molecule has 16 heavy (non-hydrogen) atoms. The Bertz CT molecular complexity index is 321. The highest BCUT2D eigenvalue weighted by Crippen LogP contribution is 2.20. The number of likely N-dealkylation sites (N-methyl/N-ethyl adjacent to an activating group) is 1. The van der Waals surface area contributed by atoms with E-state index < -0.39 is 0 Å². The molecule has 2 heterocycles. The van der Waals surface area contributed by atoms with Crippen LogP contribution in [-0.2, 0) is 16.0 Å². The van der Waals surface area contributed by atoms with Crippen LogP contribution >= 0.6 is 0 Å². The van der Waals surface area contributed by atoms with E-state index in [1.165, 1.54) is 0 Å². The molecule has 0 radical (unpaired) electrons. The predicted octanol–water partition coefficient (Wildman–Crippen LogP) is 0.579. The number of hydrogen-bond donors (Lipinski definition) is 1. The predicted molar refractivity (Wildman–Crippen MR) is 60.3 cm³/mol. The molecular weight excluding hydrogens is 206 g/mol. The molecule has 0 saturated carbocycles. The fourth-order valence-electron chi connectivity index (χ4n) is 1.98. The quantitative estimate of drug-likeness (QED) is 0.814. The number of nitrogens with zero attached hydrogens (tertiary/aromatic N) is 2. The molecule has 2 unspecified atom stereocenters. The maximum absolute atomic E-state index is 5.70. The molecule has 5 nitrogen and oxygen atoms in total. The molecule has 1 aliphatic heterocycles. The van der Waals surface area contributed by atoms with Gasteiger partial charge in [-0.1, -0.05) is 0 Å². The van der Waals surface area contributed by atoms with Gasteiger partial charge in [-0.05, 0) is 14.0 Å². The second kappa shape index (κ2) is 5.43. The Morgan fingerprint density at radius 3 is 3.06 bits per heavy atom. The average Bonchev–Trinajstić information content (AvgIpc) is 2.80. The summed E-state index contributed by atoms with van der Waals surface area (Å²) in [5.74, 6) is 0. The summed E-state index contributed by atoms with van der Waals surface area (Å²) in [5.41, 5.74) is 1.15. The SMILES string of the molecule is CCn1cc(C(NC)C2COCCO2)cn1. The Balaban J connectivity index is 2.08. The van der Waals surface area contributed by atoms with Crippen LogP contribution in [0, 0.1) is 0 Å². The minimum Gasteiger partial charge on any atom is -0.376 e. The summed E-state index contributed by atoms with van der Waals surface area (Å²) >= 11 is 0. The first kappa shape index (κ1) is 11.6. The van der Waals surface area contributed by atoms with Crippen molar-refractivity contribution in [3.05, 3.63) is 18.0 Å². The van der Waals surface area contributed by atoms with Gasteiger partial charge in [0.05, 0.1) is 32.1 Å². The first-order chi connectivity index (χ1) is 7.85. The van der Waals surface area contributed by atoms with Gasteiger partial charge in [-0.3, -0.25) is 4.68 Å². The van der Waals surface area contributed by atoms with Gasteiger partial charge in [-0.15, -0.1) is 0 Å². The number of nitrogens with one attached hydrogen (secondary N) is 1. The molecule has 0 amide bonds. The summed E-state index contributed by atoms with van der Waals surface area (Å²) < 4.78 is 13.1. The normalized spacial score (nSPS) is 23.2. The lowest BCUT2D eigenvalue weighted by atomic mass is 10.1. The van der Waals surface area contributed by atoms with Gasteiger partial charge >= 0.3 is 0 Å². The zero-order valence-electron chi connectivity index (χ0n) is 9.85. The van der Waals surface area contributed by atoms with E-state index in [4.69, 9.17) is 9.47 Å². The van der Waals surface area contributed by atoms with Crippen LogP contribution in [0.2, 0.25) is 0 Å². The van der Waals surface area contributed by atoms with Crippen LogP contribution in [0.4, 0.5) is 0 Å². The topological polar surface area (TPSA) is 48.3 Å². The van der Waals surface area contributed by atoms with E-state index in [0.29, 0.717) is 19.8 Å². The minimum absolute atomic E-state index is 0.0771. The largest absolute Gasteiger partial charge is 0.376 e. The molecule has 1 aromatic rings. The molecular formula is C11H19N3O2. The third-order valence-corrected chi connectivity index (χ3v) is 2.86. The molecule has 1 aromatic heterocycles. The fourth-order valence-corrected chi connectivity index (χ4v) is 1.98. The lowest BCUT2D eigenvalue weighted by molar-refractivity contribution is -0.101. The molecule has 0 aliphatic carbocycles. The number of rotatable bonds is 4. The summed E-state index contributed by atoms with van der Waals surface area (Å²) in [5, 5.41) is 7.55. The lowest BCUT2D eigenvalue weighted by Crippen LogP contribution is -2.39. The molecule has 1 fully saturated rings. The van der Waals surface area contributed by atoms with Gasteiger partial charge in [0.25, 0.3) is 0 Å². The Morgan fingerprint density at radius 2 is 2.50 bits per heavy atom. The van der Waals surface area contributed by atoms with Crippen LogP contribution < -0.4 is 5.32 Å². The number of aryl methyl sites for hydroxylation is 1. The summed E-state index contributed by atoms with van der Waals surface area (Å²) in [6.07, 6.45) is 4.02. The fraction of sp³-hybridized carbons (Fsp3) is 0.727. The van der Waals surface area contributed by atoms with Crippen LogP contribution in [-0.4, -0.2) is 42.8 Å². The molecule has 0 spiro atoms. The maximum atomic E-state index is 5.70. The molecule has 0 bridgehead atoms. The van der Waals surface area contributed by atoms with Crippen molar-refractivity contribution in [1.82, 2.24) is 15.1 Å². The van der Waals surface area contributed by atoms with Crippen molar-refractivity contribution in [2.75, 3.05) is 26.9 Å². The second-order valence-corrected chi connectivity index (χ2v) is 3.88. The first-order valence-corrected chi connectivity index (χ1v) is 5.74. The van der Waals surface area contributed by atoms with E-state index in [-0.39, 0.29) is 12.1 Å². The van der Waals surface area contributed by atoms with Crippen LogP contribution in [0.15, 0.2) is 12.4 Å². The van der Waals surface area contributed by atoms with Crippen molar-refractivity contribution in [3.63, 3.8) is 0 Å². The lowest BCUT2D eigenvalue weighted by Gasteiger charge is -2.29. The smallest absolute Gasteiger partial charge is 0.100 e. The summed E-state index contributed by atoms with van der Waals surface area (Å²) in [6.45, 7) is 4.97. The first-order valence-electron chi connectivity index (χ1n) is 5.74. The number of ether oxygens (including phenoxy) is 2. The standard InChI is InChI=1S/C11H19N3O2/c1-3-14-7-9(6-13-14)11(12-2)10-8-15-4-5-16-10/h6-7,10-12H,3-5,8H2,1-2H3. The summed E-state index contributed by atoms with van der Waals surface area (Å²) in [7, 11) is 1.94. The highest BCUT2D eigenvalue weighted by atomic mass is 16.6. The number of hydrogen-bond acceptors (Lipinski definition) is 4. The van der Waals surface area contributed by atoms with Gasteiger partial charge in [-0.25, -0.2) is 0 Å². The second-order valence-electron chi connectivity index (χ2n) is 3.88. The van der Waals surface area contributed by atoms with Crippen molar-refractivity contribution in [1.29, 1.82) is 0 Å². The molecule has 1 N–H and O–H groups in total. The van der Waals surface area contributed by atoms with E-state index in [9.17, 15) is 0 Å². The maximum Gasteiger partial charge on any atom is 0.100 e. The van der Waals surface area contributed by atoms with E-state index in [0.717, 1.165) is 12.1 Å². The third-order valence-electron chi connectivity index (χ3n) is 2.86. The minimum atomic E-state index is 0.0771. The highest BCUT2D eigenvalue weighted by Gasteiger charge is 2.26. The van der Waals surface area contributed by atoms with Crippen LogP contribution in [0.5, 0.6) is 0 Å². The van der Waals surface area contributed by atoms with E-state index in [2.05, 4.69) is 23.5 Å². The van der Waals surface area contributed by atoms with E-state index in [1.807, 2.05) is 17.9 Å². The Hall–Kier alpha value is -0.910. The van der Waals surface area contributed by atoms with E-state index >= 15 is 0 Å². The zero-order valence-corrected chi connectivity index (χ0v) is 9.85. The van der Waals surface area contributed by atoms with Crippen molar-refractivity contribution in [2.45, 2.75) is 25.6 Å². The Kier molecular flexibility index (Phi) is 3.93. The summed E-state index contributed by atoms with van der Waals surface area (Å²) in [4.78, 5) is 0. The summed E-state index contributed by atoms with van der Waals surface area (Å²) in [6, 6.07) is 0.153. The molecule has 2 atom stereocenters. The van der Waals surface area contributed by atoms with Crippen molar-refractivity contribution < 1.29 is 9.47 Å². The van der Waals surface area contributed by atoms with Crippen LogP contribution in [0.3, 0.4) is 0 Å². The molecule has 5 heteroatoms. The van der Waals surface area contributed by atoms with Gasteiger partial charge in [0.15, 0.2) is 0 Å². The van der Waals surface area contributed by atoms with Crippen molar-refractivity contribution in [2.24, 2.45) is 0 Å². The van der Waals surface area contributed by atoms with Crippen LogP contribution in [0.25, 0.3) is 0 Å². The highest BCUT2D eigenvalue weighted by molar-refractivity contribution is 5.12. The zero-order chi connectivity index (χ0) is 11.4. The molecule has 1 aliphatic rings. The van der Waals surface area contributed by atoms with Gasteiger partial charge in [0.2, 0.25) is 0 Å². The van der Waals surface area contributed by atoms with E-state index in [1.54, 1.807) is 0 Å². The molecule has 0 aromatic carbocycles. The average molecular weight is 225 g/mol. The Labute approximate surface area is 95.7 Å². The van der Waals surface area contributed by atoms with Gasteiger partial charge in [0, 0.05) is 18.3 Å². The molecule has 1 saturated heterocycles. The monoisotopic (exact) mass is 225 g/mol. The number of aromatic nitrogens is 2. The van der Waals surface area contributed by atoms with Crippen molar-refractivity contribution >= 4 is 0 Å². The third kappa shape index (κ3) is 2.42. The Morgan fingerprint density at radius 1 is 1.62 bits per heavy atom.